The topological polar surface area (TPSA) is 49.8 Å². The average molecular weight is 372 g/mol. The van der Waals surface area contributed by atoms with Crippen LogP contribution in [-0.4, -0.2) is 15.5 Å². The van der Waals surface area contributed by atoms with Crippen LogP contribution in [0.3, 0.4) is 0 Å². The van der Waals surface area contributed by atoms with Crippen LogP contribution in [0.2, 0.25) is 0 Å². The van der Waals surface area contributed by atoms with Crippen molar-refractivity contribution in [3.05, 3.63) is 66.0 Å². The Hall–Kier alpha value is -3.09. The molecule has 0 aliphatic rings. The Morgan fingerprint density at radius 1 is 0.852 bits per heavy atom. The number of benzene rings is 2. The molecular formula is C20H19F3N4. The molecule has 0 atom stereocenters. The first-order chi connectivity index (χ1) is 12.7. The predicted molar refractivity (Wildman–Crippen MR) is 100 cm³/mol. The van der Waals surface area contributed by atoms with E-state index < -0.39 is 23.1 Å². The fourth-order valence-electron chi connectivity index (χ4n) is 2.43. The normalized spacial score (nSPS) is 11.3. The third kappa shape index (κ3) is 4.55. The van der Waals surface area contributed by atoms with Crippen LogP contribution >= 0.6 is 0 Å². The van der Waals surface area contributed by atoms with Crippen LogP contribution in [0, 0.1) is 17.5 Å². The molecular weight excluding hydrogens is 353 g/mol. The molecule has 140 valence electrons. The highest BCUT2D eigenvalue weighted by Gasteiger charge is 2.17. The van der Waals surface area contributed by atoms with Crippen LogP contribution in [0.5, 0.6) is 0 Å². The van der Waals surface area contributed by atoms with Crippen LogP contribution in [0.25, 0.3) is 11.3 Å². The standard InChI is InChI=1S/C20H19F3N4/c1-20(2,3)27-19-24-15(12-7-5-4-6-8-12)11-16(26-19)25-18-14(22)10-9-13(21)17(18)23/h4-11H,1-3H3,(H2,24,25,26,27). The Bertz CT molecular complexity index is 953. The van der Waals surface area contributed by atoms with Crippen molar-refractivity contribution in [2.24, 2.45) is 0 Å². The average Bonchev–Trinajstić information content (AvgIpc) is 2.61. The minimum atomic E-state index is -1.31. The lowest BCUT2D eigenvalue weighted by atomic mass is 10.1. The number of aromatic nitrogens is 2. The van der Waals surface area contributed by atoms with Crippen molar-refractivity contribution in [3.8, 4) is 11.3 Å². The molecule has 0 bridgehead atoms. The van der Waals surface area contributed by atoms with Gasteiger partial charge in [0.15, 0.2) is 11.6 Å². The molecule has 3 rings (SSSR count). The van der Waals surface area contributed by atoms with Gasteiger partial charge in [-0.15, -0.1) is 0 Å². The Labute approximate surface area is 155 Å². The van der Waals surface area contributed by atoms with E-state index in [4.69, 9.17) is 0 Å². The fraction of sp³-hybridized carbons (Fsp3) is 0.200. The van der Waals surface area contributed by atoms with Gasteiger partial charge >= 0.3 is 0 Å². The zero-order chi connectivity index (χ0) is 19.6. The van der Waals surface area contributed by atoms with Gasteiger partial charge in [-0.2, -0.15) is 4.98 Å². The minimum Gasteiger partial charge on any atom is -0.350 e. The first-order valence-corrected chi connectivity index (χ1v) is 8.36. The summed E-state index contributed by atoms with van der Waals surface area (Å²) in [5.74, 6) is -2.95. The van der Waals surface area contributed by atoms with E-state index in [1.54, 1.807) is 6.07 Å². The van der Waals surface area contributed by atoms with E-state index in [2.05, 4.69) is 20.6 Å². The second-order valence-corrected chi connectivity index (χ2v) is 7.05. The summed E-state index contributed by atoms with van der Waals surface area (Å²) in [5.41, 5.74) is 0.425. The highest BCUT2D eigenvalue weighted by molar-refractivity contribution is 5.68. The summed E-state index contributed by atoms with van der Waals surface area (Å²) < 4.78 is 41.5. The van der Waals surface area contributed by atoms with E-state index >= 15 is 0 Å². The minimum absolute atomic E-state index is 0.138. The van der Waals surface area contributed by atoms with Crippen molar-refractivity contribution in [2.45, 2.75) is 26.3 Å². The molecule has 27 heavy (non-hydrogen) atoms. The molecule has 0 aliphatic heterocycles. The highest BCUT2D eigenvalue weighted by atomic mass is 19.2. The second-order valence-electron chi connectivity index (χ2n) is 7.05. The van der Waals surface area contributed by atoms with Crippen LogP contribution in [0.4, 0.5) is 30.6 Å². The fourth-order valence-corrected chi connectivity index (χ4v) is 2.43. The number of halogens is 3. The lowest BCUT2D eigenvalue weighted by molar-refractivity contribution is 0.499. The monoisotopic (exact) mass is 372 g/mol. The summed E-state index contributed by atoms with van der Waals surface area (Å²) in [4.78, 5) is 8.73. The van der Waals surface area contributed by atoms with Gasteiger partial charge in [0.2, 0.25) is 5.95 Å². The molecule has 0 unspecified atom stereocenters. The van der Waals surface area contributed by atoms with Crippen molar-refractivity contribution >= 4 is 17.5 Å². The Morgan fingerprint density at radius 3 is 2.19 bits per heavy atom. The van der Waals surface area contributed by atoms with Gasteiger partial charge in [-0.1, -0.05) is 30.3 Å². The van der Waals surface area contributed by atoms with Crippen molar-refractivity contribution in [2.75, 3.05) is 10.6 Å². The molecule has 0 amide bonds. The van der Waals surface area contributed by atoms with E-state index in [-0.39, 0.29) is 17.3 Å². The summed E-state index contributed by atoms with van der Waals surface area (Å²) in [6, 6.07) is 12.4. The van der Waals surface area contributed by atoms with Gasteiger partial charge in [0.05, 0.1) is 5.69 Å². The number of hydrogen-bond acceptors (Lipinski definition) is 4. The van der Waals surface area contributed by atoms with E-state index in [0.29, 0.717) is 5.69 Å². The number of anilines is 3. The molecule has 0 spiro atoms. The maximum absolute atomic E-state index is 14.0. The third-order valence-corrected chi connectivity index (χ3v) is 3.58. The van der Waals surface area contributed by atoms with Gasteiger partial charge in [0.25, 0.3) is 0 Å². The van der Waals surface area contributed by atoms with Crippen LogP contribution < -0.4 is 10.6 Å². The van der Waals surface area contributed by atoms with Gasteiger partial charge < -0.3 is 10.6 Å². The summed E-state index contributed by atoms with van der Waals surface area (Å²) in [7, 11) is 0. The smallest absolute Gasteiger partial charge is 0.225 e. The summed E-state index contributed by atoms with van der Waals surface area (Å²) in [6.07, 6.45) is 0. The maximum Gasteiger partial charge on any atom is 0.225 e. The molecule has 0 saturated carbocycles. The first-order valence-electron chi connectivity index (χ1n) is 8.36. The lowest BCUT2D eigenvalue weighted by Crippen LogP contribution is -2.27. The van der Waals surface area contributed by atoms with Crippen molar-refractivity contribution in [1.82, 2.24) is 9.97 Å². The molecule has 0 aliphatic carbocycles. The van der Waals surface area contributed by atoms with Gasteiger partial charge in [-0.25, -0.2) is 18.2 Å². The lowest BCUT2D eigenvalue weighted by Gasteiger charge is -2.21. The Kier molecular flexibility index (Phi) is 5.03. The van der Waals surface area contributed by atoms with E-state index in [1.807, 2.05) is 51.1 Å². The molecule has 7 heteroatoms. The van der Waals surface area contributed by atoms with Crippen molar-refractivity contribution < 1.29 is 13.2 Å². The SMILES string of the molecule is CC(C)(C)Nc1nc(Nc2c(F)ccc(F)c2F)cc(-c2ccccc2)n1. The van der Waals surface area contributed by atoms with E-state index in [0.717, 1.165) is 17.7 Å². The second kappa shape index (κ2) is 7.26. The molecule has 3 aromatic rings. The number of rotatable bonds is 4. The number of nitrogens with zero attached hydrogens (tertiary/aromatic N) is 2. The summed E-state index contributed by atoms with van der Waals surface area (Å²) in [6.45, 7) is 5.81. The van der Waals surface area contributed by atoms with Crippen LogP contribution in [-0.2, 0) is 0 Å². The third-order valence-electron chi connectivity index (χ3n) is 3.58. The molecule has 2 N–H and O–H groups in total. The van der Waals surface area contributed by atoms with Crippen molar-refractivity contribution in [1.29, 1.82) is 0 Å². The number of nitrogens with one attached hydrogen (secondary N) is 2. The molecule has 1 heterocycles. The van der Waals surface area contributed by atoms with E-state index in [1.165, 1.54) is 0 Å². The summed E-state index contributed by atoms with van der Waals surface area (Å²) >= 11 is 0. The molecule has 0 saturated heterocycles. The van der Waals surface area contributed by atoms with Crippen LogP contribution in [0.1, 0.15) is 20.8 Å². The zero-order valence-corrected chi connectivity index (χ0v) is 15.1. The van der Waals surface area contributed by atoms with E-state index in [9.17, 15) is 13.2 Å². The highest BCUT2D eigenvalue weighted by Crippen LogP contribution is 2.28. The van der Waals surface area contributed by atoms with Crippen LogP contribution in [0.15, 0.2) is 48.5 Å². The Balaban J connectivity index is 2.07. The molecule has 0 radical (unpaired) electrons. The van der Waals surface area contributed by atoms with Gasteiger partial charge in [0.1, 0.15) is 17.3 Å². The predicted octanol–water partition coefficient (Wildman–Crippen LogP) is 5.51. The molecule has 1 aromatic heterocycles. The van der Waals surface area contributed by atoms with Gasteiger partial charge in [0, 0.05) is 17.2 Å². The molecule has 2 aromatic carbocycles. The van der Waals surface area contributed by atoms with Gasteiger partial charge in [-0.3, -0.25) is 0 Å². The summed E-state index contributed by atoms with van der Waals surface area (Å²) in [5, 5.41) is 5.67. The van der Waals surface area contributed by atoms with Crippen molar-refractivity contribution in [3.63, 3.8) is 0 Å². The Morgan fingerprint density at radius 2 is 1.52 bits per heavy atom. The first kappa shape index (κ1) is 18.7. The largest absolute Gasteiger partial charge is 0.350 e. The molecule has 4 nitrogen and oxygen atoms in total. The molecule has 0 fully saturated rings. The maximum atomic E-state index is 14.0. The number of hydrogen-bond donors (Lipinski definition) is 2. The quantitative estimate of drug-likeness (QED) is 0.593. The zero-order valence-electron chi connectivity index (χ0n) is 15.1. The van der Waals surface area contributed by atoms with Gasteiger partial charge in [-0.05, 0) is 32.9 Å².